The summed E-state index contributed by atoms with van der Waals surface area (Å²) in [6, 6.07) is 7.10. The molecule has 1 amide bonds. The van der Waals surface area contributed by atoms with Gasteiger partial charge < -0.3 is 10.1 Å². The smallest absolute Gasteiger partial charge is 0.274 e. The summed E-state index contributed by atoms with van der Waals surface area (Å²) < 4.78 is 7.81. The Balaban J connectivity index is 2.03. The van der Waals surface area contributed by atoms with Crippen molar-refractivity contribution in [2.75, 3.05) is 12.4 Å². The monoisotopic (exact) mass is 421 g/mol. The van der Waals surface area contributed by atoms with Crippen LogP contribution in [0.5, 0.6) is 5.75 Å². The molecule has 0 aliphatic heterocycles. The standard InChI is InChI=1S/C18H17BrClN3O2/c1-4-14-16(23-9-10(2)7-12(19)17(23)22-14)18(24)21-11-5-6-15(25-3)13(20)8-11/h5-9H,4H2,1-3H3,(H,21,24). The number of anilines is 1. The molecule has 7 heteroatoms. The van der Waals surface area contributed by atoms with E-state index in [0.29, 0.717) is 28.6 Å². The van der Waals surface area contributed by atoms with E-state index in [0.717, 1.165) is 21.4 Å². The molecule has 0 radical (unpaired) electrons. The van der Waals surface area contributed by atoms with Crippen LogP contribution < -0.4 is 10.1 Å². The molecule has 0 fully saturated rings. The van der Waals surface area contributed by atoms with Crippen molar-refractivity contribution in [2.45, 2.75) is 20.3 Å². The molecule has 0 aliphatic rings. The van der Waals surface area contributed by atoms with E-state index in [4.69, 9.17) is 16.3 Å². The van der Waals surface area contributed by atoms with Gasteiger partial charge in [0.25, 0.3) is 5.91 Å². The molecule has 0 spiro atoms. The van der Waals surface area contributed by atoms with Gasteiger partial charge in [-0.3, -0.25) is 9.20 Å². The second-order valence-corrected chi connectivity index (χ2v) is 6.88. The number of ether oxygens (including phenoxy) is 1. The third kappa shape index (κ3) is 3.37. The van der Waals surface area contributed by atoms with Gasteiger partial charge >= 0.3 is 0 Å². The maximum Gasteiger partial charge on any atom is 0.274 e. The number of carbonyl (C=O) groups excluding carboxylic acids is 1. The summed E-state index contributed by atoms with van der Waals surface area (Å²) in [5.74, 6) is 0.325. The van der Waals surface area contributed by atoms with Crippen molar-refractivity contribution >= 4 is 44.8 Å². The Bertz CT molecular complexity index is 969. The number of methoxy groups -OCH3 is 1. The number of halogens is 2. The van der Waals surface area contributed by atoms with Crippen LogP contribution in [0.25, 0.3) is 5.65 Å². The largest absolute Gasteiger partial charge is 0.495 e. The molecular weight excluding hydrogens is 406 g/mol. The van der Waals surface area contributed by atoms with E-state index in [1.807, 2.05) is 30.5 Å². The molecule has 0 saturated heterocycles. The number of nitrogens with one attached hydrogen (secondary N) is 1. The van der Waals surface area contributed by atoms with Gasteiger partial charge in [-0.2, -0.15) is 0 Å². The van der Waals surface area contributed by atoms with Crippen LogP contribution in [0.3, 0.4) is 0 Å². The minimum absolute atomic E-state index is 0.233. The van der Waals surface area contributed by atoms with Crippen molar-refractivity contribution in [3.8, 4) is 5.75 Å². The van der Waals surface area contributed by atoms with Crippen LogP contribution in [-0.4, -0.2) is 22.4 Å². The summed E-state index contributed by atoms with van der Waals surface area (Å²) in [5, 5.41) is 3.32. The minimum Gasteiger partial charge on any atom is -0.495 e. The van der Waals surface area contributed by atoms with Crippen molar-refractivity contribution in [3.05, 3.63) is 56.9 Å². The molecule has 2 aromatic heterocycles. The molecule has 2 heterocycles. The number of pyridine rings is 1. The first-order chi connectivity index (χ1) is 11.9. The van der Waals surface area contributed by atoms with E-state index in [9.17, 15) is 4.79 Å². The first kappa shape index (κ1) is 17.8. The topological polar surface area (TPSA) is 55.6 Å². The molecule has 0 unspecified atom stereocenters. The third-order valence-corrected chi connectivity index (χ3v) is 4.72. The summed E-state index contributed by atoms with van der Waals surface area (Å²) in [5.41, 5.74) is 3.61. The van der Waals surface area contributed by atoms with E-state index < -0.39 is 0 Å². The van der Waals surface area contributed by atoms with Gasteiger partial charge in [0.1, 0.15) is 11.4 Å². The normalized spacial score (nSPS) is 10.9. The van der Waals surface area contributed by atoms with Crippen LogP contribution in [0.2, 0.25) is 5.02 Å². The molecule has 0 saturated carbocycles. The van der Waals surface area contributed by atoms with Crippen molar-refractivity contribution in [1.29, 1.82) is 0 Å². The summed E-state index contributed by atoms with van der Waals surface area (Å²) in [4.78, 5) is 17.5. The Hall–Kier alpha value is -2.05. The van der Waals surface area contributed by atoms with E-state index in [-0.39, 0.29) is 5.91 Å². The van der Waals surface area contributed by atoms with Gasteiger partial charge in [0.15, 0.2) is 5.65 Å². The molecule has 3 aromatic rings. The number of hydrogen-bond acceptors (Lipinski definition) is 3. The van der Waals surface area contributed by atoms with Crippen LogP contribution in [0.1, 0.15) is 28.7 Å². The van der Waals surface area contributed by atoms with Gasteiger partial charge in [-0.05, 0) is 59.1 Å². The van der Waals surface area contributed by atoms with Crippen LogP contribution in [0, 0.1) is 6.92 Å². The quantitative estimate of drug-likeness (QED) is 0.652. The first-order valence-electron chi connectivity index (χ1n) is 7.76. The highest BCUT2D eigenvalue weighted by Gasteiger charge is 2.20. The highest BCUT2D eigenvalue weighted by atomic mass is 79.9. The van der Waals surface area contributed by atoms with Gasteiger partial charge in [0.2, 0.25) is 0 Å². The average molecular weight is 423 g/mol. The SMILES string of the molecule is CCc1nc2c(Br)cc(C)cn2c1C(=O)Nc1ccc(OC)c(Cl)c1. The van der Waals surface area contributed by atoms with Gasteiger partial charge in [0.05, 0.1) is 22.3 Å². The third-order valence-electron chi connectivity index (χ3n) is 3.84. The Labute approximate surface area is 159 Å². The lowest BCUT2D eigenvalue weighted by molar-refractivity contribution is 0.102. The number of nitrogens with zero attached hydrogens (tertiary/aromatic N) is 2. The molecule has 1 N–H and O–H groups in total. The van der Waals surface area contributed by atoms with Gasteiger partial charge in [-0.1, -0.05) is 18.5 Å². The Morgan fingerprint density at radius 3 is 2.80 bits per heavy atom. The van der Waals surface area contributed by atoms with Crippen molar-refractivity contribution in [3.63, 3.8) is 0 Å². The van der Waals surface area contributed by atoms with Crippen LogP contribution >= 0.6 is 27.5 Å². The van der Waals surface area contributed by atoms with Crippen molar-refractivity contribution in [2.24, 2.45) is 0 Å². The molecule has 0 atom stereocenters. The summed E-state index contributed by atoms with van der Waals surface area (Å²) in [6.45, 7) is 3.95. The zero-order valence-corrected chi connectivity index (χ0v) is 16.4. The Morgan fingerprint density at radius 2 is 2.16 bits per heavy atom. The number of imidazole rings is 1. The first-order valence-corrected chi connectivity index (χ1v) is 8.93. The molecular formula is C18H17BrClN3O2. The van der Waals surface area contributed by atoms with E-state index >= 15 is 0 Å². The zero-order chi connectivity index (χ0) is 18.1. The van der Waals surface area contributed by atoms with E-state index in [1.54, 1.807) is 25.3 Å². The molecule has 25 heavy (non-hydrogen) atoms. The second-order valence-electron chi connectivity index (χ2n) is 5.62. The maximum absolute atomic E-state index is 12.9. The van der Waals surface area contributed by atoms with Gasteiger partial charge in [-0.15, -0.1) is 0 Å². The predicted octanol–water partition coefficient (Wildman–Crippen LogP) is 4.88. The Kier molecular flexibility index (Phi) is 5.01. The lowest BCUT2D eigenvalue weighted by Crippen LogP contribution is -2.16. The minimum atomic E-state index is -0.233. The number of fused-ring (bicyclic) bond motifs is 1. The zero-order valence-electron chi connectivity index (χ0n) is 14.1. The average Bonchev–Trinajstić information content (AvgIpc) is 2.94. The molecule has 5 nitrogen and oxygen atoms in total. The number of aromatic nitrogens is 2. The maximum atomic E-state index is 12.9. The highest BCUT2D eigenvalue weighted by molar-refractivity contribution is 9.10. The molecule has 1 aromatic carbocycles. The number of rotatable bonds is 4. The number of carbonyl (C=O) groups is 1. The molecule has 130 valence electrons. The highest BCUT2D eigenvalue weighted by Crippen LogP contribution is 2.28. The Morgan fingerprint density at radius 1 is 1.40 bits per heavy atom. The fraction of sp³-hybridized carbons (Fsp3) is 0.222. The van der Waals surface area contributed by atoms with E-state index in [1.165, 1.54) is 0 Å². The lowest BCUT2D eigenvalue weighted by atomic mass is 10.2. The number of benzene rings is 1. The number of aryl methyl sites for hydroxylation is 2. The fourth-order valence-corrected chi connectivity index (χ4v) is 3.60. The predicted molar refractivity (Wildman–Crippen MR) is 103 cm³/mol. The summed E-state index contributed by atoms with van der Waals surface area (Å²) in [6.07, 6.45) is 2.56. The van der Waals surface area contributed by atoms with Gasteiger partial charge in [0, 0.05) is 11.9 Å². The summed E-state index contributed by atoms with van der Waals surface area (Å²) in [7, 11) is 1.55. The molecule has 0 bridgehead atoms. The van der Waals surface area contributed by atoms with Crippen LogP contribution in [0.4, 0.5) is 5.69 Å². The number of amides is 1. The van der Waals surface area contributed by atoms with E-state index in [2.05, 4.69) is 26.2 Å². The van der Waals surface area contributed by atoms with Gasteiger partial charge in [-0.25, -0.2) is 4.98 Å². The second kappa shape index (κ2) is 7.06. The van der Waals surface area contributed by atoms with Crippen LogP contribution in [0.15, 0.2) is 34.9 Å². The lowest BCUT2D eigenvalue weighted by Gasteiger charge is -2.09. The molecule has 0 aliphatic carbocycles. The summed E-state index contributed by atoms with van der Waals surface area (Å²) >= 11 is 9.65. The van der Waals surface area contributed by atoms with Crippen LogP contribution in [-0.2, 0) is 6.42 Å². The number of hydrogen-bond donors (Lipinski definition) is 1. The van der Waals surface area contributed by atoms with Crippen molar-refractivity contribution in [1.82, 2.24) is 9.38 Å². The fourth-order valence-electron chi connectivity index (χ4n) is 2.70. The van der Waals surface area contributed by atoms with Crippen molar-refractivity contribution < 1.29 is 9.53 Å². The molecule has 3 rings (SSSR count).